The van der Waals surface area contributed by atoms with Crippen LogP contribution in [0, 0.1) is 0 Å². The summed E-state index contributed by atoms with van der Waals surface area (Å²) in [7, 11) is 1.72. The van der Waals surface area contributed by atoms with E-state index in [9.17, 15) is 0 Å². The predicted molar refractivity (Wildman–Crippen MR) is 70.2 cm³/mol. The van der Waals surface area contributed by atoms with Gasteiger partial charge in [-0.25, -0.2) is 0 Å². The Morgan fingerprint density at radius 2 is 1.88 bits per heavy atom. The molecular weight excluding hydrogens is 214 g/mol. The molecule has 17 heavy (non-hydrogen) atoms. The van der Waals surface area contributed by atoms with Crippen LogP contribution in [-0.2, 0) is 11.2 Å². The van der Waals surface area contributed by atoms with Crippen molar-refractivity contribution in [1.82, 2.24) is 4.90 Å². The third kappa shape index (κ3) is 6.41. The monoisotopic (exact) mass is 237 g/mol. The molecule has 0 amide bonds. The van der Waals surface area contributed by atoms with Gasteiger partial charge in [0, 0.05) is 33.4 Å². The topological polar surface area (TPSA) is 32.7 Å². The Bertz CT molecular complexity index is 277. The molecule has 0 fully saturated rings. The quantitative estimate of drug-likeness (QED) is 0.662. The van der Waals surface area contributed by atoms with Gasteiger partial charge in [-0.15, -0.1) is 0 Å². The van der Waals surface area contributed by atoms with Crippen molar-refractivity contribution in [1.29, 1.82) is 0 Å². The third-order valence-corrected chi connectivity index (χ3v) is 2.80. The van der Waals surface area contributed by atoms with Gasteiger partial charge in [0.25, 0.3) is 0 Å². The number of hydrogen-bond donors (Lipinski definition) is 1. The molecule has 0 spiro atoms. The molecule has 3 nitrogen and oxygen atoms in total. The maximum atomic E-state index is 9.02. The van der Waals surface area contributed by atoms with E-state index >= 15 is 0 Å². The van der Waals surface area contributed by atoms with E-state index in [2.05, 4.69) is 29.2 Å². The first kappa shape index (κ1) is 14.2. The number of ether oxygens (including phenoxy) is 1. The lowest BCUT2D eigenvalue weighted by atomic mass is 10.1. The fraction of sp³-hybridized carbons (Fsp3) is 0.571. The molecule has 0 radical (unpaired) electrons. The highest BCUT2D eigenvalue weighted by Gasteiger charge is 2.04. The molecule has 3 heteroatoms. The molecule has 1 aromatic rings. The Labute approximate surface area is 104 Å². The summed E-state index contributed by atoms with van der Waals surface area (Å²) in [5.41, 5.74) is 1.35. The van der Waals surface area contributed by atoms with Gasteiger partial charge in [0.1, 0.15) is 0 Å². The largest absolute Gasteiger partial charge is 0.395 e. The van der Waals surface area contributed by atoms with Gasteiger partial charge in [-0.2, -0.15) is 0 Å². The second kappa shape index (κ2) is 9.16. The molecule has 0 bridgehead atoms. The van der Waals surface area contributed by atoms with Crippen LogP contribution in [0.3, 0.4) is 0 Å². The van der Waals surface area contributed by atoms with Crippen molar-refractivity contribution in [2.45, 2.75) is 12.8 Å². The van der Waals surface area contributed by atoms with Gasteiger partial charge in [-0.1, -0.05) is 30.3 Å². The standard InChI is InChI=1S/C14H23NO2/c1-17-13-5-9-15(11-12-16)10-8-14-6-3-2-4-7-14/h2-4,6-7,16H,5,8-13H2,1H3. The van der Waals surface area contributed by atoms with Crippen molar-refractivity contribution in [3.63, 3.8) is 0 Å². The minimum Gasteiger partial charge on any atom is -0.395 e. The molecule has 1 N–H and O–H groups in total. The highest BCUT2D eigenvalue weighted by molar-refractivity contribution is 5.14. The molecule has 96 valence electrons. The molecule has 0 heterocycles. The summed E-state index contributed by atoms with van der Waals surface area (Å²) in [5, 5.41) is 9.02. The summed E-state index contributed by atoms with van der Waals surface area (Å²) in [6, 6.07) is 10.5. The van der Waals surface area contributed by atoms with Crippen LogP contribution in [0.2, 0.25) is 0 Å². The summed E-state index contributed by atoms with van der Waals surface area (Å²) < 4.78 is 5.04. The highest BCUT2D eigenvalue weighted by Crippen LogP contribution is 2.02. The molecule has 0 saturated carbocycles. The minimum absolute atomic E-state index is 0.224. The smallest absolute Gasteiger partial charge is 0.0558 e. The lowest BCUT2D eigenvalue weighted by molar-refractivity contribution is 0.156. The van der Waals surface area contributed by atoms with Gasteiger partial charge in [0.15, 0.2) is 0 Å². The van der Waals surface area contributed by atoms with Crippen LogP contribution in [0.5, 0.6) is 0 Å². The van der Waals surface area contributed by atoms with Gasteiger partial charge in [0.2, 0.25) is 0 Å². The summed E-state index contributed by atoms with van der Waals surface area (Å²) in [5.74, 6) is 0. The second-order valence-electron chi connectivity index (χ2n) is 4.15. The van der Waals surface area contributed by atoms with Crippen LogP contribution in [0.15, 0.2) is 30.3 Å². The van der Waals surface area contributed by atoms with Gasteiger partial charge in [-0.05, 0) is 18.4 Å². The van der Waals surface area contributed by atoms with Gasteiger partial charge >= 0.3 is 0 Å². The lowest BCUT2D eigenvalue weighted by Crippen LogP contribution is -2.30. The number of methoxy groups -OCH3 is 1. The molecule has 0 aliphatic carbocycles. The summed E-state index contributed by atoms with van der Waals surface area (Å²) in [4.78, 5) is 2.28. The van der Waals surface area contributed by atoms with Crippen molar-refractivity contribution in [3.8, 4) is 0 Å². The number of nitrogens with zero attached hydrogens (tertiary/aromatic N) is 1. The zero-order valence-corrected chi connectivity index (χ0v) is 10.6. The molecule has 0 atom stereocenters. The van der Waals surface area contributed by atoms with Crippen molar-refractivity contribution in [3.05, 3.63) is 35.9 Å². The first-order valence-electron chi connectivity index (χ1n) is 6.23. The van der Waals surface area contributed by atoms with E-state index < -0.39 is 0 Å². The van der Waals surface area contributed by atoms with Gasteiger partial charge in [-0.3, -0.25) is 0 Å². The average Bonchev–Trinajstić information content (AvgIpc) is 2.37. The number of rotatable bonds is 9. The zero-order chi connectivity index (χ0) is 12.3. The number of benzene rings is 1. The van der Waals surface area contributed by atoms with Gasteiger partial charge in [0.05, 0.1) is 6.61 Å². The second-order valence-corrected chi connectivity index (χ2v) is 4.15. The van der Waals surface area contributed by atoms with E-state index in [0.29, 0.717) is 0 Å². The summed E-state index contributed by atoms with van der Waals surface area (Å²) >= 11 is 0. The molecule has 0 unspecified atom stereocenters. The Morgan fingerprint density at radius 3 is 2.53 bits per heavy atom. The highest BCUT2D eigenvalue weighted by atomic mass is 16.5. The minimum atomic E-state index is 0.224. The van der Waals surface area contributed by atoms with Crippen molar-refractivity contribution in [2.24, 2.45) is 0 Å². The van der Waals surface area contributed by atoms with Crippen molar-refractivity contribution >= 4 is 0 Å². The SMILES string of the molecule is COCCCN(CCO)CCc1ccccc1. The van der Waals surface area contributed by atoms with Crippen molar-refractivity contribution < 1.29 is 9.84 Å². The van der Waals surface area contributed by atoms with Gasteiger partial charge < -0.3 is 14.7 Å². The fourth-order valence-electron chi connectivity index (χ4n) is 1.84. The molecule has 0 aliphatic rings. The van der Waals surface area contributed by atoms with Crippen LogP contribution in [-0.4, -0.2) is 50.0 Å². The fourth-order valence-corrected chi connectivity index (χ4v) is 1.84. The molecule has 0 saturated heterocycles. The van der Waals surface area contributed by atoms with E-state index in [1.54, 1.807) is 7.11 Å². The third-order valence-electron chi connectivity index (χ3n) is 2.80. The van der Waals surface area contributed by atoms with Crippen LogP contribution >= 0.6 is 0 Å². The molecule has 0 aromatic heterocycles. The maximum Gasteiger partial charge on any atom is 0.0558 e. The Balaban J connectivity index is 2.28. The van der Waals surface area contributed by atoms with E-state index in [4.69, 9.17) is 9.84 Å². The average molecular weight is 237 g/mol. The van der Waals surface area contributed by atoms with E-state index in [-0.39, 0.29) is 6.61 Å². The van der Waals surface area contributed by atoms with Crippen LogP contribution < -0.4 is 0 Å². The zero-order valence-electron chi connectivity index (χ0n) is 10.6. The van der Waals surface area contributed by atoms with E-state index in [1.165, 1.54) is 5.56 Å². The first-order chi connectivity index (χ1) is 8.36. The van der Waals surface area contributed by atoms with Crippen molar-refractivity contribution in [2.75, 3.05) is 40.0 Å². The molecular formula is C14H23NO2. The van der Waals surface area contributed by atoms with E-state index in [1.807, 2.05) is 6.07 Å². The normalized spacial score (nSPS) is 11.0. The first-order valence-corrected chi connectivity index (χ1v) is 6.23. The molecule has 1 aromatic carbocycles. The number of aliphatic hydroxyl groups is 1. The summed E-state index contributed by atoms with van der Waals surface area (Å²) in [6.45, 7) is 3.74. The lowest BCUT2D eigenvalue weighted by Gasteiger charge is -2.21. The number of aliphatic hydroxyl groups excluding tert-OH is 1. The van der Waals surface area contributed by atoms with E-state index in [0.717, 1.165) is 39.1 Å². The Kier molecular flexibility index (Phi) is 7.63. The van der Waals surface area contributed by atoms with Crippen LogP contribution in [0.4, 0.5) is 0 Å². The maximum absolute atomic E-state index is 9.02. The Hall–Kier alpha value is -0.900. The molecule has 0 aliphatic heterocycles. The Morgan fingerprint density at radius 1 is 1.12 bits per heavy atom. The van der Waals surface area contributed by atoms with Crippen LogP contribution in [0.1, 0.15) is 12.0 Å². The summed E-state index contributed by atoms with van der Waals surface area (Å²) in [6.07, 6.45) is 2.05. The van der Waals surface area contributed by atoms with Crippen LogP contribution in [0.25, 0.3) is 0 Å². The predicted octanol–water partition coefficient (Wildman–Crippen LogP) is 1.56. The number of hydrogen-bond acceptors (Lipinski definition) is 3. The molecule has 1 rings (SSSR count).